The van der Waals surface area contributed by atoms with Crippen molar-refractivity contribution in [1.29, 1.82) is 0 Å². The van der Waals surface area contributed by atoms with Gasteiger partial charge in [0.05, 0.1) is 12.0 Å². The molecule has 2 aromatic rings. The molecule has 0 spiro atoms. The van der Waals surface area contributed by atoms with Crippen LogP contribution in [0.4, 0.5) is 14.5 Å². The minimum absolute atomic E-state index is 0.0607. The van der Waals surface area contributed by atoms with Gasteiger partial charge in [0.1, 0.15) is 5.69 Å². The van der Waals surface area contributed by atoms with Crippen molar-refractivity contribution >= 4 is 5.69 Å². The number of benzene rings is 1. The lowest BCUT2D eigenvalue weighted by Crippen LogP contribution is -2.01. The summed E-state index contributed by atoms with van der Waals surface area (Å²) in [4.78, 5) is 3.90. The van der Waals surface area contributed by atoms with Crippen molar-refractivity contribution in [2.24, 2.45) is 0 Å². The first kappa shape index (κ1) is 9.64. The molecule has 1 aromatic carbocycles. The van der Waals surface area contributed by atoms with Crippen LogP contribution in [0.3, 0.4) is 0 Å². The van der Waals surface area contributed by atoms with Gasteiger partial charge < -0.3 is 10.3 Å². The molecule has 0 aliphatic rings. The van der Waals surface area contributed by atoms with Crippen LogP contribution in [0.15, 0.2) is 24.7 Å². The number of halogens is 2. The van der Waals surface area contributed by atoms with E-state index in [1.54, 1.807) is 6.92 Å². The molecule has 15 heavy (non-hydrogen) atoms. The maximum Gasteiger partial charge on any atom is 0.152 e. The van der Waals surface area contributed by atoms with Crippen molar-refractivity contribution in [1.82, 2.24) is 9.55 Å². The maximum atomic E-state index is 13.4. The third kappa shape index (κ3) is 1.68. The van der Waals surface area contributed by atoms with Gasteiger partial charge in [-0.15, -0.1) is 0 Å². The Hall–Kier alpha value is -1.91. The van der Waals surface area contributed by atoms with Gasteiger partial charge in [-0.3, -0.25) is 0 Å². The van der Waals surface area contributed by atoms with Crippen LogP contribution in [0.1, 0.15) is 5.69 Å². The number of anilines is 1. The highest BCUT2D eigenvalue weighted by molar-refractivity contribution is 5.47. The average Bonchev–Trinajstić information content (AvgIpc) is 2.49. The molecule has 0 bridgehead atoms. The van der Waals surface area contributed by atoms with E-state index in [1.807, 2.05) is 0 Å². The van der Waals surface area contributed by atoms with Gasteiger partial charge in [-0.25, -0.2) is 13.8 Å². The number of hydrogen-bond donors (Lipinski definition) is 1. The first-order valence-electron chi connectivity index (χ1n) is 4.33. The molecule has 0 saturated heterocycles. The summed E-state index contributed by atoms with van der Waals surface area (Å²) in [6, 6.07) is 2.15. The van der Waals surface area contributed by atoms with Crippen molar-refractivity contribution < 1.29 is 8.78 Å². The van der Waals surface area contributed by atoms with Crippen LogP contribution in [-0.2, 0) is 0 Å². The molecule has 0 unspecified atom stereocenters. The fraction of sp³-hybridized carbons (Fsp3) is 0.100. The maximum absolute atomic E-state index is 13.4. The summed E-state index contributed by atoms with van der Waals surface area (Å²) in [5, 5.41) is 0. The van der Waals surface area contributed by atoms with E-state index in [1.165, 1.54) is 17.1 Å². The summed E-state index contributed by atoms with van der Waals surface area (Å²) < 4.78 is 28.2. The van der Waals surface area contributed by atoms with E-state index in [9.17, 15) is 8.78 Å². The second-order valence-electron chi connectivity index (χ2n) is 3.26. The molecule has 1 heterocycles. The lowest BCUT2D eigenvalue weighted by molar-refractivity contribution is 0.570. The zero-order valence-electron chi connectivity index (χ0n) is 8.04. The summed E-state index contributed by atoms with van der Waals surface area (Å²) in [7, 11) is 0. The van der Waals surface area contributed by atoms with Gasteiger partial charge in [-0.05, 0) is 19.1 Å². The molecule has 0 atom stereocenters. The molecule has 0 saturated carbocycles. The second-order valence-corrected chi connectivity index (χ2v) is 3.26. The molecular formula is C10H9F2N3. The number of aromatic nitrogens is 2. The lowest BCUT2D eigenvalue weighted by Gasteiger charge is -2.06. The summed E-state index contributed by atoms with van der Waals surface area (Å²) >= 11 is 0. The minimum Gasteiger partial charge on any atom is -0.399 e. The molecule has 0 aliphatic heterocycles. The smallest absolute Gasteiger partial charge is 0.152 e. The Morgan fingerprint density at radius 2 is 1.87 bits per heavy atom. The lowest BCUT2D eigenvalue weighted by atomic mass is 10.2. The molecule has 0 aliphatic carbocycles. The van der Waals surface area contributed by atoms with E-state index >= 15 is 0 Å². The van der Waals surface area contributed by atoms with Gasteiger partial charge in [-0.1, -0.05) is 0 Å². The summed E-state index contributed by atoms with van der Waals surface area (Å²) in [5.41, 5.74) is 5.89. The second kappa shape index (κ2) is 3.34. The number of hydrogen-bond acceptors (Lipinski definition) is 2. The van der Waals surface area contributed by atoms with Crippen molar-refractivity contribution in [3.63, 3.8) is 0 Å². The zero-order valence-corrected chi connectivity index (χ0v) is 8.04. The summed E-state index contributed by atoms with van der Waals surface area (Å²) in [6.07, 6.45) is 2.89. The summed E-state index contributed by atoms with van der Waals surface area (Å²) in [5.74, 6) is -1.41. The van der Waals surface area contributed by atoms with Crippen molar-refractivity contribution in [2.75, 3.05) is 5.73 Å². The standard InChI is InChI=1S/C10H9F2N3/c1-6-4-15(5-14-6)10-8(11)2-7(13)3-9(10)12/h2-5H,13H2,1H3. The van der Waals surface area contributed by atoms with Crippen LogP contribution in [0.25, 0.3) is 5.69 Å². The van der Waals surface area contributed by atoms with E-state index in [2.05, 4.69) is 4.98 Å². The largest absolute Gasteiger partial charge is 0.399 e. The fourth-order valence-corrected chi connectivity index (χ4v) is 1.38. The first-order chi connectivity index (χ1) is 7.08. The van der Waals surface area contributed by atoms with Gasteiger partial charge in [0.15, 0.2) is 11.6 Å². The highest BCUT2D eigenvalue weighted by Crippen LogP contribution is 2.20. The van der Waals surface area contributed by atoms with E-state index < -0.39 is 11.6 Å². The Kier molecular flexibility index (Phi) is 2.15. The molecular weight excluding hydrogens is 200 g/mol. The molecule has 3 nitrogen and oxygen atoms in total. The third-order valence-electron chi connectivity index (χ3n) is 2.01. The topological polar surface area (TPSA) is 43.8 Å². The number of rotatable bonds is 1. The predicted octanol–water partition coefficient (Wildman–Crippen LogP) is 2.04. The van der Waals surface area contributed by atoms with Crippen LogP contribution in [0.5, 0.6) is 0 Å². The molecule has 5 heteroatoms. The molecule has 0 fully saturated rings. The van der Waals surface area contributed by atoms with Gasteiger partial charge in [-0.2, -0.15) is 0 Å². The van der Waals surface area contributed by atoms with Crippen LogP contribution in [0.2, 0.25) is 0 Å². The average molecular weight is 209 g/mol. The molecule has 2 N–H and O–H groups in total. The molecule has 0 radical (unpaired) electrons. The predicted molar refractivity (Wildman–Crippen MR) is 52.6 cm³/mol. The Labute approximate surface area is 85.2 Å². The van der Waals surface area contributed by atoms with E-state index in [0.717, 1.165) is 12.1 Å². The Morgan fingerprint density at radius 3 is 2.33 bits per heavy atom. The van der Waals surface area contributed by atoms with Crippen LogP contribution >= 0.6 is 0 Å². The van der Waals surface area contributed by atoms with Crippen LogP contribution in [0, 0.1) is 18.6 Å². The SMILES string of the molecule is Cc1cn(-c2c(F)cc(N)cc2F)cn1. The summed E-state index contributed by atoms with van der Waals surface area (Å²) in [6.45, 7) is 1.74. The van der Waals surface area contributed by atoms with Gasteiger partial charge >= 0.3 is 0 Å². The highest BCUT2D eigenvalue weighted by atomic mass is 19.1. The monoisotopic (exact) mass is 209 g/mol. The number of aryl methyl sites for hydroxylation is 1. The minimum atomic E-state index is -0.704. The number of nitrogens with zero attached hydrogens (tertiary/aromatic N) is 2. The Morgan fingerprint density at radius 1 is 1.27 bits per heavy atom. The number of nitrogens with two attached hydrogens (primary N) is 1. The number of imidazole rings is 1. The zero-order chi connectivity index (χ0) is 11.0. The Bertz CT molecular complexity index is 482. The Balaban J connectivity index is 2.62. The fourth-order valence-electron chi connectivity index (χ4n) is 1.38. The molecule has 2 rings (SSSR count). The quantitative estimate of drug-likeness (QED) is 0.730. The van der Waals surface area contributed by atoms with Crippen LogP contribution < -0.4 is 5.73 Å². The highest BCUT2D eigenvalue weighted by Gasteiger charge is 2.12. The first-order valence-corrected chi connectivity index (χ1v) is 4.33. The molecule has 0 amide bonds. The van der Waals surface area contributed by atoms with Crippen molar-refractivity contribution in [3.8, 4) is 5.69 Å². The molecule has 78 valence electrons. The van der Waals surface area contributed by atoms with Crippen LogP contribution in [-0.4, -0.2) is 9.55 Å². The van der Waals surface area contributed by atoms with E-state index in [-0.39, 0.29) is 11.4 Å². The van der Waals surface area contributed by atoms with Gasteiger partial charge in [0.2, 0.25) is 0 Å². The molecule has 1 aromatic heterocycles. The van der Waals surface area contributed by atoms with Crippen molar-refractivity contribution in [2.45, 2.75) is 6.92 Å². The van der Waals surface area contributed by atoms with Crippen molar-refractivity contribution in [3.05, 3.63) is 42.0 Å². The third-order valence-corrected chi connectivity index (χ3v) is 2.01. The van der Waals surface area contributed by atoms with E-state index in [0.29, 0.717) is 5.69 Å². The van der Waals surface area contributed by atoms with Gasteiger partial charge in [0.25, 0.3) is 0 Å². The number of nitrogen functional groups attached to an aromatic ring is 1. The normalized spacial score (nSPS) is 10.6. The van der Waals surface area contributed by atoms with E-state index in [4.69, 9.17) is 5.73 Å². The van der Waals surface area contributed by atoms with Gasteiger partial charge in [0, 0.05) is 11.9 Å².